The van der Waals surface area contributed by atoms with Crippen LogP contribution in [0.4, 0.5) is 5.82 Å². The van der Waals surface area contributed by atoms with Crippen molar-refractivity contribution in [1.29, 1.82) is 0 Å². The number of pyridine rings is 2. The summed E-state index contributed by atoms with van der Waals surface area (Å²) >= 11 is 0. The van der Waals surface area contributed by atoms with Gasteiger partial charge >= 0.3 is 0 Å². The highest BCUT2D eigenvalue weighted by Gasteiger charge is 2.13. The molecule has 0 radical (unpaired) electrons. The predicted octanol–water partition coefficient (Wildman–Crippen LogP) is 5.01. The molecular weight excluding hydrogens is 360 g/mol. The molecule has 0 atom stereocenters. The van der Waals surface area contributed by atoms with E-state index >= 15 is 0 Å². The number of benzene rings is 1. The van der Waals surface area contributed by atoms with Crippen molar-refractivity contribution in [1.82, 2.24) is 24.4 Å². The summed E-state index contributed by atoms with van der Waals surface area (Å²) in [6.45, 7) is 7.24. The summed E-state index contributed by atoms with van der Waals surface area (Å²) in [5.74, 6) is 0.381. The van der Waals surface area contributed by atoms with E-state index in [0.29, 0.717) is 5.82 Å². The van der Waals surface area contributed by atoms with E-state index < -0.39 is 0 Å². The Balaban J connectivity index is 1.63. The number of hydrogen-bond acceptors (Lipinski definition) is 3. The number of fused-ring (bicyclic) bond motifs is 1. The molecule has 0 saturated carbocycles. The van der Waals surface area contributed by atoms with Crippen LogP contribution in [0.15, 0.2) is 79.5 Å². The maximum absolute atomic E-state index is 7.24. The lowest BCUT2D eigenvalue weighted by Gasteiger charge is -2.08. The first-order valence-electron chi connectivity index (χ1n) is 9.12. The summed E-state index contributed by atoms with van der Waals surface area (Å²) in [7, 11) is 1.91. The summed E-state index contributed by atoms with van der Waals surface area (Å²) in [5, 5.41) is 8.78. The largest absolute Gasteiger partial charge is 0.361 e. The minimum absolute atomic E-state index is 0.381. The van der Waals surface area contributed by atoms with E-state index in [4.69, 9.17) is 6.57 Å². The SMILES string of the molecule is [C-]#[N+]c1cc(-c2cccn3ncc(-c4ccc(-c5cnn(C)c5)cc4)c23)ccn1. The first kappa shape index (κ1) is 16.9. The topological polar surface area (TPSA) is 52.4 Å². The number of nitrogens with zero attached hydrogens (tertiary/aromatic N) is 6. The number of rotatable bonds is 3. The summed E-state index contributed by atoms with van der Waals surface area (Å²) in [6, 6.07) is 16.2. The average molecular weight is 376 g/mol. The Morgan fingerprint density at radius 3 is 2.45 bits per heavy atom. The van der Waals surface area contributed by atoms with Crippen molar-refractivity contribution < 1.29 is 0 Å². The minimum Gasteiger partial charge on any atom is -0.361 e. The Hall–Kier alpha value is -4.24. The fraction of sp³-hybridized carbons (Fsp3) is 0.0435. The molecule has 0 aliphatic heterocycles. The van der Waals surface area contributed by atoms with Gasteiger partial charge in [0.1, 0.15) is 6.20 Å². The molecule has 0 N–H and O–H groups in total. The van der Waals surface area contributed by atoms with Crippen LogP contribution in [0, 0.1) is 6.57 Å². The normalized spacial score (nSPS) is 10.9. The van der Waals surface area contributed by atoms with Crippen LogP contribution in [0.2, 0.25) is 0 Å². The number of hydrogen-bond donors (Lipinski definition) is 0. The summed E-state index contributed by atoms with van der Waals surface area (Å²) in [6.07, 6.45) is 9.35. The van der Waals surface area contributed by atoms with Crippen LogP contribution < -0.4 is 0 Å². The molecule has 0 amide bonds. The average Bonchev–Trinajstić information content (AvgIpc) is 3.40. The molecule has 0 aliphatic carbocycles. The van der Waals surface area contributed by atoms with Crippen LogP contribution in [0.3, 0.4) is 0 Å². The van der Waals surface area contributed by atoms with Crippen LogP contribution in [0.1, 0.15) is 0 Å². The lowest BCUT2D eigenvalue weighted by Crippen LogP contribution is -1.90. The molecule has 0 bridgehead atoms. The van der Waals surface area contributed by atoms with Gasteiger partial charge in [-0.3, -0.25) is 4.68 Å². The van der Waals surface area contributed by atoms with Crippen molar-refractivity contribution in [3.63, 3.8) is 0 Å². The van der Waals surface area contributed by atoms with Crippen LogP contribution in [-0.2, 0) is 7.05 Å². The number of aryl methyl sites for hydroxylation is 1. The highest BCUT2D eigenvalue weighted by atomic mass is 15.2. The lowest BCUT2D eigenvalue weighted by molar-refractivity contribution is 0.768. The molecule has 4 heterocycles. The summed E-state index contributed by atoms with van der Waals surface area (Å²) in [5.41, 5.74) is 7.30. The smallest absolute Gasteiger partial charge is 0.270 e. The maximum atomic E-state index is 7.24. The van der Waals surface area contributed by atoms with Crippen molar-refractivity contribution in [2.24, 2.45) is 7.05 Å². The molecule has 5 rings (SSSR count). The minimum atomic E-state index is 0.381. The van der Waals surface area contributed by atoms with Crippen LogP contribution >= 0.6 is 0 Å². The molecule has 29 heavy (non-hydrogen) atoms. The van der Waals surface area contributed by atoms with Gasteiger partial charge in [-0.05, 0) is 34.9 Å². The second-order valence-electron chi connectivity index (χ2n) is 6.77. The Bertz CT molecular complexity index is 1370. The van der Waals surface area contributed by atoms with Gasteiger partial charge in [-0.25, -0.2) is 4.52 Å². The zero-order valence-electron chi connectivity index (χ0n) is 15.7. The molecule has 6 nitrogen and oxygen atoms in total. The van der Waals surface area contributed by atoms with Crippen LogP contribution in [-0.4, -0.2) is 24.4 Å². The quantitative estimate of drug-likeness (QED) is 0.416. The molecular formula is C23H16N6. The van der Waals surface area contributed by atoms with Crippen molar-refractivity contribution in [2.45, 2.75) is 0 Å². The van der Waals surface area contributed by atoms with Gasteiger partial charge in [0, 0.05) is 36.1 Å². The Kier molecular flexibility index (Phi) is 3.92. The van der Waals surface area contributed by atoms with Gasteiger partial charge in [-0.2, -0.15) is 10.2 Å². The third-order valence-corrected chi connectivity index (χ3v) is 4.95. The number of aromatic nitrogens is 5. The van der Waals surface area contributed by atoms with E-state index in [1.54, 1.807) is 10.9 Å². The van der Waals surface area contributed by atoms with E-state index in [-0.39, 0.29) is 0 Å². The second kappa shape index (κ2) is 6.73. The third-order valence-electron chi connectivity index (χ3n) is 4.95. The molecule has 0 saturated heterocycles. The highest BCUT2D eigenvalue weighted by molar-refractivity contribution is 5.93. The summed E-state index contributed by atoms with van der Waals surface area (Å²) < 4.78 is 3.67. The Labute approximate surface area is 167 Å². The fourth-order valence-corrected chi connectivity index (χ4v) is 3.55. The van der Waals surface area contributed by atoms with Crippen LogP contribution in [0.25, 0.3) is 43.7 Å². The second-order valence-corrected chi connectivity index (χ2v) is 6.77. The van der Waals surface area contributed by atoms with E-state index in [9.17, 15) is 0 Å². The van der Waals surface area contributed by atoms with Gasteiger partial charge in [0.2, 0.25) is 0 Å². The van der Waals surface area contributed by atoms with Crippen molar-refractivity contribution in [2.75, 3.05) is 0 Å². The Morgan fingerprint density at radius 2 is 1.69 bits per heavy atom. The molecule has 0 aliphatic rings. The molecule has 6 heteroatoms. The van der Waals surface area contributed by atoms with E-state index in [0.717, 1.165) is 38.9 Å². The molecule has 0 spiro atoms. The third kappa shape index (κ3) is 2.95. The first-order chi connectivity index (χ1) is 14.2. The molecule has 0 fully saturated rings. The molecule has 1 aromatic carbocycles. The van der Waals surface area contributed by atoms with Gasteiger partial charge in [-0.1, -0.05) is 36.9 Å². The van der Waals surface area contributed by atoms with E-state index in [1.807, 2.05) is 60.6 Å². The fourth-order valence-electron chi connectivity index (χ4n) is 3.55. The zero-order valence-corrected chi connectivity index (χ0v) is 15.7. The molecule has 5 aromatic rings. The molecule has 0 unspecified atom stereocenters. The van der Waals surface area contributed by atoms with Gasteiger partial charge in [0.05, 0.1) is 17.9 Å². The monoisotopic (exact) mass is 376 g/mol. The van der Waals surface area contributed by atoms with E-state index in [2.05, 4.69) is 44.3 Å². The maximum Gasteiger partial charge on any atom is 0.270 e. The first-order valence-corrected chi connectivity index (χ1v) is 9.12. The standard InChI is InChI=1S/C23H16N6/c1-24-22-12-18(9-10-25-22)20-4-3-11-29-23(20)21(14-27-29)17-7-5-16(6-8-17)19-13-26-28(2)15-19/h3-15H,2H3. The van der Waals surface area contributed by atoms with Gasteiger partial charge in [-0.15, -0.1) is 4.98 Å². The summed E-state index contributed by atoms with van der Waals surface area (Å²) in [4.78, 5) is 7.54. The highest BCUT2D eigenvalue weighted by Crippen LogP contribution is 2.34. The Morgan fingerprint density at radius 1 is 0.862 bits per heavy atom. The van der Waals surface area contributed by atoms with E-state index in [1.165, 1.54) is 0 Å². The molecule has 4 aromatic heterocycles. The lowest BCUT2D eigenvalue weighted by atomic mass is 9.99. The van der Waals surface area contributed by atoms with Crippen LogP contribution in [0.5, 0.6) is 0 Å². The van der Waals surface area contributed by atoms with Crippen molar-refractivity contribution in [3.8, 4) is 33.4 Å². The molecule has 138 valence electrons. The predicted molar refractivity (Wildman–Crippen MR) is 112 cm³/mol. The zero-order chi connectivity index (χ0) is 19.8. The van der Waals surface area contributed by atoms with Gasteiger partial charge in [0.15, 0.2) is 0 Å². The van der Waals surface area contributed by atoms with Crippen molar-refractivity contribution in [3.05, 3.63) is 90.9 Å². The van der Waals surface area contributed by atoms with Crippen molar-refractivity contribution >= 4 is 11.3 Å². The van der Waals surface area contributed by atoms with Gasteiger partial charge in [0.25, 0.3) is 5.82 Å². The van der Waals surface area contributed by atoms with Gasteiger partial charge < -0.3 is 4.85 Å².